The molecule has 0 saturated carbocycles. The number of fused-ring (bicyclic) bond motifs is 3. The number of hydrogen-bond acceptors (Lipinski definition) is 5. The van der Waals surface area contributed by atoms with E-state index in [1.165, 1.54) is 0 Å². The van der Waals surface area contributed by atoms with Crippen molar-refractivity contribution < 1.29 is 19.5 Å². The van der Waals surface area contributed by atoms with E-state index in [0.717, 1.165) is 0 Å². The molecule has 0 unspecified atom stereocenters. The van der Waals surface area contributed by atoms with E-state index in [0.29, 0.717) is 5.69 Å². The average Bonchev–Trinajstić information content (AvgIpc) is 2.49. The molecular formula is C14H7N3O3. The zero-order valence-electron chi connectivity index (χ0n) is 10.1. The maximum Gasteiger partial charge on any atom is 0.250 e. The molecular weight excluding hydrogens is 258 g/mol. The van der Waals surface area contributed by atoms with Gasteiger partial charge in [0.2, 0.25) is 11.4 Å². The van der Waals surface area contributed by atoms with Gasteiger partial charge in [-0.25, -0.2) is 0 Å². The van der Waals surface area contributed by atoms with Crippen LogP contribution in [-0.4, -0.2) is 5.11 Å². The standard InChI is InChI=1S/C14H7N3O3/c15-5-9-10(6-16)13(19)14-11(12(9)18)17-4-2-1-3-8(17)7-20-14/h1-4H,7H2,(H-,18,19). The number of phenolic OH excluding ortho intramolecular Hbond substituents is 1. The molecule has 20 heavy (non-hydrogen) atoms. The smallest absolute Gasteiger partial charge is 0.250 e. The molecule has 0 fully saturated rings. The minimum absolute atomic E-state index is 0.0555. The molecule has 2 aromatic rings. The first kappa shape index (κ1) is 11.8. The lowest BCUT2D eigenvalue weighted by Gasteiger charge is -2.21. The molecule has 0 amide bonds. The molecule has 1 aromatic heterocycles. The number of hydrogen-bond donors (Lipinski definition) is 1. The normalized spacial score (nSPS) is 11.5. The summed E-state index contributed by atoms with van der Waals surface area (Å²) in [5.74, 6) is -1.16. The lowest BCUT2D eigenvalue weighted by atomic mass is 10.0. The number of pyridine rings is 1. The Balaban J connectivity index is 2.46. The van der Waals surface area contributed by atoms with Crippen LogP contribution in [0, 0.1) is 22.7 Å². The van der Waals surface area contributed by atoms with Crippen molar-refractivity contribution in [3.8, 4) is 35.1 Å². The van der Waals surface area contributed by atoms with Crippen molar-refractivity contribution in [1.82, 2.24) is 0 Å². The number of phenols is 1. The van der Waals surface area contributed by atoms with Crippen LogP contribution in [0.3, 0.4) is 0 Å². The van der Waals surface area contributed by atoms with Crippen molar-refractivity contribution in [2.24, 2.45) is 0 Å². The zero-order chi connectivity index (χ0) is 14.3. The van der Waals surface area contributed by atoms with Crippen LogP contribution in [0.1, 0.15) is 16.8 Å². The van der Waals surface area contributed by atoms with E-state index in [4.69, 9.17) is 15.3 Å². The van der Waals surface area contributed by atoms with Crippen LogP contribution in [0.4, 0.5) is 0 Å². The Hall–Kier alpha value is -3.25. The van der Waals surface area contributed by atoms with E-state index in [9.17, 15) is 10.2 Å². The van der Waals surface area contributed by atoms with Crippen molar-refractivity contribution in [1.29, 1.82) is 10.5 Å². The number of aromatic hydroxyl groups is 1. The number of ether oxygens (including phenoxy) is 1. The van der Waals surface area contributed by atoms with Gasteiger partial charge in [0.15, 0.2) is 18.6 Å². The van der Waals surface area contributed by atoms with E-state index in [2.05, 4.69) is 0 Å². The van der Waals surface area contributed by atoms with E-state index in [1.54, 1.807) is 41.1 Å². The summed E-state index contributed by atoms with van der Waals surface area (Å²) >= 11 is 0. The SMILES string of the molecule is N#Cc1c([O-])c2c(c(O)c1C#N)OCc1cccc[n+]1-2. The molecule has 0 spiro atoms. The molecule has 1 aliphatic heterocycles. The molecule has 2 heterocycles. The van der Waals surface area contributed by atoms with Gasteiger partial charge in [-0.2, -0.15) is 15.1 Å². The summed E-state index contributed by atoms with van der Waals surface area (Å²) in [5.41, 5.74) is 0.0396. The van der Waals surface area contributed by atoms with Crippen LogP contribution in [0.2, 0.25) is 0 Å². The second kappa shape index (κ2) is 4.15. The summed E-state index contributed by atoms with van der Waals surface area (Å²) in [6, 6.07) is 8.62. The number of rotatable bonds is 0. The summed E-state index contributed by atoms with van der Waals surface area (Å²) < 4.78 is 6.93. The second-order valence-corrected chi connectivity index (χ2v) is 4.18. The maximum absolute atomic E-state index is 12.4. The predicted molar refractivity (Wildman–Crippen MR) is 62.8 cm³/mol. The highest BCUT2D eigenvalue weighted by atomic mass is 16.5. The molecule has 0 saturated heterocycles. The van der Waals surface area contributed by atoms with Crippen LogP contribution in [0.25, 0.3) is 5.69 Å². The van der Waals surface area contributed by atoms with Crippen LogP contribution < -0.4 is 14.4 Å². The van der Waals surface area contributed by atoms with E-state index < -0.39 is 11.5 Å². The third-order valence-electron chi connectivity index (χ3n) is 3.13. The summed E-state index contributed by atoms with van der Waals surface area (Å²) in [6.45, 7) is 0.164. The minimum atomic E-state index is -0.631. The van der Waals surface area contributed by atoms with Gasteiger partial charge in [0.1, 0.15) is 17.7 Å². The average molecular weight is 265 g/mol. The van der Waals surface area contributed by atoms with Crippen LogP contribution >= 0.6 is 0 Å². The van der Waals surface area contributed by atoms with Crippen molar-refractivity contribution in [3.63, 3.8) is 0 Å². The van der Waals surface area contributed by atoms with E-state index in [-0.39, 0.29) is 29.2 Å². The number of benzene rings is 1. The lowest BCUT2D eigenvalue weighted by Crippen LogP contribution is -2.40. The molecule has 6 heteroatoms. The Labute approximate surface area is 113 Å². The fraction of sp³-hybridized carbons (Fsp3) is 0.0714. The fourth-order valence-electron chi connectivity index (χ4n) is 2.21. The molecule has 0 bridgehead atoms. The first-order valence-corrected chi connectivity index (χ1v) is 5.72. The highest BCUT2D eigenvalue weighted by Gasteiger charge is 2.32. The molecule has 1 aromatic carbocycles. The quantitative estimate of drug-likeness (QED) is 0.693. The number of nitriles is 2. The molecule has 3 rings (SSSR count). The highest BCUT2D eigenvalue weighted by molar-refractivity contribution is 5.72. The van der Waals surface area contributed by atoms with E-state index in [1.807, 2.05) is 0 Å². The molecule has 0 atom stereocenters. The van der Waals surface area contributed by atoms with Gasteiger partial charge in [0.25, 0.3) is 5.69 Å². The van der Waals surface area contributed by atoms with Gasteiger partial charge in [0, 0.05) is 12.1 Å². The molecule has 96 valence electrons. The summed E-state index contributed by atoms with van der Waals surface area (Å²) in [6.07, 6.45) is 1.64. The third kappa shape index (κ3) is 1.39. The van der Waals surface area contributed by atoms with E-state index >= 15 is 0 Å². The second-order valence-electron chi connectivity index (χ2n) is 4.18. The Bertz CT molecular complexity index is 812. The van der Waals surface area contributed by atoms with Gasteiger partial charge in [-0.15, -0.1) is 0 Å². The predicted octanol–water partition coefficient (Wildman–Crippen LogP) is 0.378. The monoisotopic (exact) mass is 265 g/mol. The molecule has 0 radical (unpaired) electrons. The molecule has 1 aliphatic rings. The number of aromatic nitrogens is 1. The zero-order valence-corrected chi connectivity index (χ0v) is 10.1. The van der Waals surface area contributed by atoms with Crippen LogP contribution in [-0.2, 0) is 6.61 Å². The Morgan fingerprint density at radius 3 is 2.70 bits per heavy atom. The minimum Gasteiger partial charge on any atom is -0.867 e. The van der Waals surface area contributed by atoms with Crippen molar-refractivity contribution >= 4 is 0 Å². The van der Waals surface area contributed by atoms with Crippen LogP contribution in [0.15, 0.2) is 24.4 Å². The summed E-state index contributed by atoms with van der Waals surface area (Å²) in [4.78, 5) is 0. The molecule has 6 nitrogen and oxygen atoms in total. The maximum atomic E-state index is 12.4. The fourth-order valence-corrected chi connectivity index (χ4v) is 2.21. The Kier molecular flexibility index (Phi) is 2.45. The molecule has 0 aliphatic carbocycles. The Morgan fingerprint density at radius 1 is 1.25 bits per heavy atom. The molecule has 1 N–H and O–H groups in total. The lowest BCUT2D eigenvalue weighted by molar-refractivity contribution is -0.615. The van der Waals surface area contributed by atoms with Gasteiger partial charge in [0.05, 0.1) is 5.56 Å². The summed E-state index contributed by atoms with van der Waals surface area (Å²) in [5, 5.41) is 40.4. The van der Waals surface area contributed by atoms with Gasteiger partial charge >= 0.3 is 0 Å². The Morgan fingerprint density at radius 2 is 2.00 bits per heavy atom. The largest absolute Gasteiger partial charge is 0.867 e. The van der Waals surface area contributed by atoms with Crippen molar-refractivity contribution in [2.45, 2.75) is 6.61 Å². The topological polar surface area (TPSA) is 104 Å². The summed E-state index contributed by atoms with van der Waals surface area (Å²) in [7, 11) is 0. The van der Waals surface area contributed by atoms with Gasteiger partial charge in [-0.05, 0) is 11.8 Å². The first-order chi connectivity index (χ1) is 9.69. The van der Waals surface area contributed by atoms with Crippen molar-refractivity contribution in [2.75, 3.05) is 0 Å². The third-order valence-corrected chi connectivity index (χ3v) is 3.13. The van der Waals surface area contributed by atoms with Gasteiger partial charge in [-0.1, -0.05) is 0 Å². The highest BCUT2D eigenvalue weighted by Crippen LogP contribution is 2.43. The van der Waals surface area contributed by atoms with Gasteiger partial charge in [-0.3, -0.25) is 0 Å². The van der Waals surface area contributed by atoms with Crippen LogP contribution in [0.5, 0.6) is 17.2 Å². The van der Waals surface area contributed by atoms with Crippen molar-refractivity contribution in [3.05, 3.63) is 41.2 Å². The van der Waals surface area contributed by atoms with Gasteiger partial charge < -0.3 is 14.9 Å². The number of nitrogens with zero attached hydrogens (tertiary/aromatic N) is 3. The first-order valence-electron chi connectivity index (χ1n) is 5.72.